The van der Waals surface area contributed by atoms with E-state index in [1.807, 2.05) is 36.7 Å². The second kappa shape index (κ2) is 6.68. The van der Waals surface area contributed by atoms with Gasteiger partial charge < -0.3 is 9.30 Å². The summed E-state index contributed by atoms with van der Waals surface area (Å²) in [4.78, 5) is 17.3. The van der Waals surface area contributed by atoms with Crippen LogP contribution in [0.3, 0.4) is 0 Å². The summed E-state index contributed by atoms with van der Waals surface area (Å²) in [5.74, 6) is 0.496. The lowest BCUT2D eigenvalue weighted by Gasteiger charge is -2.02. The molecule has 1 heterocycles. The average Bonchev–Trinajstić information content (AvgIpc) is 2.83. The van der Waals surface area contributed by atoms with E-state index in [1.54, 1.807) is 24.3 Å². The second-order valence-corrected chi connectivity index (χ2v) is 6.85. The summed E-state index contributed by atoms with van der Waals surface area (Å²) in [7, 11) is 1.91. The van der Waals surface area contributed by atoms with E-state index in [0.29, 0.717) is 17.0 Å². The number of thiazole rings is 1. The van der Waals surface area contributed by atoms with Gasteiger partial charge in [-0.1, -0.05) is 27.3 Å². The lowest BCUT2D eigenvalue weighted by atomic mass is 10.2. The Morgan fingerprint density at radius 1 is 1.26 bits per heavy atom. The molecule has 2 aromatic carbocycles. The molecule has 0 aliphatic carbocycles. The van der Waals surface area contributed by atoms with Crippen molar-refractivity contribution in [2.75, 3.05) is 6.61 Å². The number of ether oxygens (including phenoxy) is 1. The fraction of sp³-hybridized carbons (Fsp3) is 0.176. The van der Waals surface area contributed by atoms with Crippen LogP contribution in [-0.4, -0.2) is 17.1 Å². The molecule has 0 saturated heterocycles. The van der Waals surface area contributed by atoms with Crippen molar-refractivity contribution in [3.8, 4) is 5.75 Å². The van der Waals surface area contributed by atoms with Gasteiger partial charge >= 0.3 is 0 Å². The third-order valence-electron chi connectivity index (χ3n) is 3.38. The summed E-state index contributed by atoms with van der Waals surface area (Å²) in [5.41, 5.74) is 1.60. The van der Waals surface area contributed by atoms with Crippen molar-refractivity contribution >= 4 is 43.4 Å². The molecule has 0 unspecified atom stereocenters. The molecule has 3 rings (SSSR count). The third kappa shape index (κ3) is 3.38. The molecule has 4 nitrogen and oxygen atoms in total. The minimum absolute atomic E-state index is 0.255. The monoisotopic (exact) mass is 390 g/mol. The maximum Gasteiger partial charge on any atom is 0.279 e. The van der Waals surface area contributed by atoms with Gasteiger partial charge in [-0.25, -0.2) is 0 Å². The van der Waals surface area contributed by atoms with Crippen LogP contribution in [0.25, 0.3) is 10.2 Å². The Bertz CT molecular complexity index is 926. The van der Waals surface area contributed by atoms with Crippen LogP contribution in [0.15, 0.2) is 51.9 Å². The van der Waals surface area contributed by atoms with E-state index in [-0.39, 0.29) is 5.91 Å². The zero-order chi connectivity index (χ0) is 16.4. The van der Waals surface area contributed by atoms with Crippen LogP contribution in [0.4, 0.5) is 0 Å². The quantitative estimate of drug-likeness (QED) is 0.674. The van der Waals surface area contributed by atoms with Crippen molar-refractivity contribution in [2.45, 2.75) is 6.92 Å². The number of hydrogen-bond donors (Lipinski definition) is 0. The van der Waals surface area contributed by atoms with E-state index in [4.69, 9.17) is 4.74 Å². The maximum atomic E-state index is 12.4. The zero-order valence-corrected chi connectivity index (χ0v) is 15.1. The molecule has 0 spiro atoms. The van der Waals surface area contributed by atoms with Crippen LogP contribution in [0.2, 0.25) is 0 Å². The van der Waals surface area contributed by atoms with Crippen molar-refractivity contribution in [1.82, 2.24) is 4.57 Å². The number of aryl methyl sites for hydroxylation is 1. The number of halogens is 1. The molecule has 118 valence electrons. The minimum Gasteiger partial charge on any atom is -0.494 e. The summed E-state index contributed by atoms with van der Waals surface area (Å²) >= 11 is 4.95. The molecule has 0 aliphatic heterocycles. The number of carbonyl (C=O) groups is 1. The van der Waals surface area contributed by atoms with E-state index in [0.717, 1.165) is 20.4 Å². The zero-order valence-electron chi connectivity index (χ0n) is 12.7. The average molecular weight is 391 g/mol. The predicted octanol–water partition coefficient (Wildman–Crippen LogP) is 4.14. The van der Waals surface area contributed by atoms with Crippen LogP contribution in [0.5, 0.6) is 5.75 Å². The van der Waals surface area contributed by atoms with Crippen molar-refractivity contribution in [2.24, 2.45) is 12.0 Å². The van der Waals surface area contributed by atoms with Crippen molar-refractivity contribution in [1.29, 1.82) is 0 Å². The van der Waals surface area contributed by atoms with Gasteiger partial charge in [-0.3, -0.25) is 4.79 Å². The first kappa shape index (κ1) is 16.0. The number of carbonyl (C=O) groups excluding carboxylic acids is 1. The highest BCUT2D eigenvalue weighted by atomic mass is 79.9. The molecule has 0 N–H and O–H groups in total. The van der Waals surface area contributed by atoms with Crippen molar-refractivity contribution in [3.63, 3.8) is 0 Å². The van der Waals surface area contributed by atoms with Gasteiger partial charge in [0.25, 0.3) is 5.91 Å². The Morgan fingerprint density at radius 2 is 2.00 bits per heavy atom. The Morgan fingerprint density at radius 3 is 2.70 bits per heavy atom. The number of rotatable bonds is 3. The van der Waals surface area contributed by atoms with E-state index in [1.165, 1.54) is 11.3 Å². The summed E-state index contributed by atoms with van der Waals surface area (Å²) < 4.78 is 9.40. The van der Waals surface area contributed by atoms with Gasteiger partial charge in [0.05, 0.1) is 16.8 Å². The lowest BCUT2D eigenvalue weighted by Crippen LogP contribution is -2.13. The number of hydrogen-bond acceptors (Lipinski definition) is 3. The summed E-state index contributed by atoms with van der Waals surface area (Å²) in [5, 5.41) is 0. The smallest absolute Gasteiger partial charge is 0.279 e. The lowest BCUT2D eigenvalue weighted by molar-refractivity contribution is 0.0998. The fourth-order valence-corrected chi connectivity index (χ4v) is 3.79. The van der Waals surface area contributed by atoms with E-state index in [9.17, 15) is 4.79 Å². The molecule has 0 bridgehead atoms. The van der Waals surface area contributed by atoms with Crippen LogP contribution in [0, 0.1) is 0 Å². The number of nitrogens with zero attached hydrogens (tertiary/aromatic N) is 2. The Labute approximate surface area is 146 Å². The molecule has 0 saturated carbocycles. The number of amides is 1. The molecule has 0 radical (unpaired) electrons. The van der Waals surface area contributed by atoms with E-state index >= 15 is 0 Å². The van der Waals surface area contributed by atoms with Gasteiger partial charge in [-0.05, 0) is 49.4 Å². The highest BCUT2D eigenvalue weighted by Crippen LogP contribution is 2.21. The Hall–Kier alpha value is -1.92. The normalized spacial score (nSPS) is 11.9. The van der Waals surface area contributed by atoms with Gasteiger partial charge in [0.2, 0.25) is 0 Å². The molecule has 3 aromatic rings. The number of aromatic nitrogens is 1. The van der Waals surface area contributed by atoms with E-state index in [2.05, 4.69) is 20.9 Å². The Kier molecular flexibility index (Phi) is 4.63. The maximum absolute atomic E-state index is 12.4. The van der Waals surface area contributed by atoms with Gasteiger partial charge in [0.15, 0.2) is 4.80 Å². The highest BCUT2D eigenvalue weighted by Gasteiger charge is 2.07. The summed E-state index contributed by atoms with van der Waals surface area (Å²) in [6, 6.07) is 13.1. The Balaban J connectivity index is 1.97. The molecule has 6 heteroatoms. The molecular weight excluding hydrogens is 376 g/mol. The van der Waals surface area contributed by atoms with Crippen LogP contribution in [0.1, 0.15) is 17.3 Å². The highest BCUT2D eigenvalue weighted by molar-refractivity contribution is 9.10. The first-order valence-electron chi connectivity index (χ1n) is 7.15. The van der Waals surface area contributed by atoms with Crippen LogP contribution < -0.4 is 9.54 Å². The molecule has 0 aliphatic rings. The van der Waals surface area contributed by atoms with Crippen molar-refractivity contribution in [3.05, 3.63) is 57.3 Å². The molecule has 1 amide bonds. The number of benzene rings is 2. The van der Waals surface area contributed by atoms with Crippen LogP contribution in [-0.2, 0) is 7.05 Å². The van der Waals surface area contributed by atoms with E-state index < -0.39 is 0 Å². The topological polar surface area (TPSA) is 43.6 Å². The van der Waals surface area contributed by atoms with Crippen LogP contribution >= 0.6 is 27.3 Å². The number of fused-ring (bicyclic) bond motifs is 1. The molecule has 0 atom stereocenters. The fourth-order valence-electron chi connectivity index (χ4n) is 2.23. The summed E-state index contributed by atoms with van der Waals surface area (Å²) in [6.07, 6.45) is 0. The summed E-state index contributed by atoms with van der Waals surface area (Å²) in [6.45, 7) is 2.53. The molecule has 1 aromatic heterocycles. The first-order valence-corrected chi connectivity index (χ1v) is 8.76. The SMILES string of the molecule is CCOc1ccc(C(=O)N=c2sc3cc(Br)ccc3n2C)cc1. The van der Waals surface area contributed by atoms with Gasteiger partial charge in [0.1, 0.15) is 5.75 Å². The molecule has 0 fully saturated rings. The first-order chi connectivity index (χ1) is 11.1. The minimum atomic E-state index is -0.255. The second-order valence-electron chi connectivity index (χ2n) is 4.93. The van der Waals surface area contributed by atoms with Gasteiger partial charge in [-0.2, -0.15) is 4.99 Å². The largest absolute Gasteiger partial charge is 0.494 e. The molecule has 23 heavy (non-hydrogen) atoms. The standard InChI is InChI=1S/C17H15BrN2O2S/c1-3-22-13-7-4-11(5-8-13)16(21)19-17-20(2)14-9-6-12(18)10-15(14)23-17/h4-10H,3H2,1-2H3. The van der Waals surface area contributed by atoms with Crippen molar-refractivity contribution < 1.29 is 9.53 Å². The van der Waals surface area contributed by atoms with Gasteiger partial charge in [0, 0.05) is 17.1 Å². The molecular formula is C17H15BrN2O2S. The third-order valence-corrected chi connectivity index (χ3v) is 4.97. The predicted molar refractivity (Wildman–Crippen MR) is 96.0 cm³/mol. The van der Waals surface area contributed by atoms with Gasteiger partial charge in [-0.15, -0.1) is 0 Å².